The van der Waals surface area contributed by atoms with Crippen molar-refractivity contribution in [3.8, 4) is 11.8 Å². The fourth-order valence-electron chi connectivity index (χ4n) is 1.26. The monoisotopic (exact) mass is 319 g/mol. The van der Waals surface area contributed by atoms with Crippen LogP contribution in [-0.2, 0) is 0 Å². The van der Waals surface area contributed by atoms with Gasteiger partial charge in [-0.2, -0.15) is 0 Å². The molecule has 0 aliphatic heterocycles. The van der Waals surface area contributed by atoms with Crippen LogP contribution >= 0.6 is 22.9 Å². The molecule has 0 bridgehead atoms. The minimum absolute atomic E-state index is 0.121. The number of aliphatic hydroxyl groups excluding tert-OH is 2. The van der Waals surface area contributed by atoms with Gasteiger partial charge in [0.05, 0.1) is 6.61 Å². The molecule has 0 radical (unpaired) electrons. The van der Waals surface area contributed by atoms with E-state index in [9.17, 15) is 0 Å². The van der Waals surface area contributed by atoms with Crippen LogP contribution in [0.2, 0.25) is 0 Å². The van der Waals surface area contributed by atoms with Gasteiger partial charge in [-0.05, 0) is 24.8 Å². The fourth-order valence-corrected chi connectivity index (χ4v) is 1.77. The minimum atomic E-state index is 0.121. The van der Waals surface area contributed by atoms with Crippen molar-refractivity contribution in [2.45, 2.75) is 25.3 Å². The smallest absolute Gasteiger partial charge is 0.167 e. The van der Waals surface area contributed by atoms with Crippen molar-refractivity contribution in [3.05, 3.63) is 23.5 Å². The molecule has 4 heteroatoms. The molecule has 0 saturated carbocycles. The van der Waals surface area contributed by atoms with E-state index in [-0.39, 0.29) is 18.4 Å². The molecule has 0 saturated heterocycles. The molecule has 0 unspecified atom stereocenters. The van der Waals surface area contributed by atoms with Gasteiger partial charge in [0, 0.05) is 35.3 Å². The van der Waals surface area contributed by atoms with Crippen LogP contribution in [0.3, 0.4) is 0 Å². The van der Waals surface area contributed by atoms with Crippen LogP contribution in [0.5, 0.6) is 0 Å². The lowest BCUT2D eigenvalue weighted by atomic mass is 10.0. The van der Waals surface area contributed by atoms with Crippen molar-refractivity contribution in [2.75, 3.05) is 6.61 Å². The lowest BCUT2D eigenvalue weighted by Gasteiger charge is -2.11. The topological polar surface area (TPSA) is 52.5 Å². The molecule has 1 aliphatic rings. The Morgan fingerprint density at radius 3 is 3.00 bits per heavy atom. The van der Waals surface area contributed by atoms with Crippen molar-refractivity contribution in [1.82, 2.24) is 3.53 Å². The predicted octanol–water partition coefficient (Wildman–Crippen LogP) is 1.84. The second-order valence-corrected chi connectivity index (χ2v) is 4.01. The second-order valence-electron chi connectivity index (χ2n) is 3.38. The summed E-state index contributed by atoms with van der Waals surface area (Å²) in [4.78, 5) is 0. The van der Waals surface area contributed by atoms with Crippen LogP contribution in [0.1, 0.15) is 19.3 Å². The highest BCUT2D eigenvalue weighted by Gasteiger charge is 2.06. The van der Waals surface area contributed by atoms with Gasteiger partial charge in [-0.25, -0.2) is 0 Å². The molecule has 0 heterocycles. The average Bonchev–Trinajstić information content (AvgIpc) is 2.45. The van der Waals surface area contributed by atoms with Crippen molar-refractivity contribution in [3.63, 3.8) is 0 Å². The van der Waals surface area contributed by atoms with Gasteiger partial charge in [0.25, 0.3) is 0 Å². The fraction of sp³-hybridized carbons (Fsp3) is 0.455. The van der Waals surface area contributed by atoms with Gasteiger partial charge in [0.1, 0.15) is 0 Å². The first-order valence-corrected chi connectivity index (χ1v) is 5.88. The number of nitrogens with one attached hydrogen (secondary N) is 1. The van der Waals surface area contributed by atoms with Crippen LogP contribution in [0.15, 0.2) is 23.5 Å². The van der Waals surface area contributed by atoms with E-state index < -0.39 is 0 Å². The summed E-state index contributed by atoms with van der Waals surface area (Å²) in [5.74, 6) is 5.64. The number of allylic oxidation sites excluding steroid dienone is 4. The Morgan fingerprint density at radius 1 is 1.53 bits per heavy atom. The van der Waals surface area contributed by atoms with Crippen molar-refractivity contribution in [2.24, 2.45) is 0 Å². The molecule has 82 valence electrons. The van der Waals surface area contributed by atoms with E-state index in [0.717, 1.165) is 12.8 Å². The molecule has 3 nitrogen and oxygen atoms in total. The van der Waals surface area contributed by atoms with E-state index >= 15 is 0 Å². The molecule has 0 aromatic heterocycles. The van der Waals surface area contributed by atoms with Gasteiger partial charge in [0.2, 0.25) is 0 Å². The normalized spacial score (nSPS) is 16.9. The highest BCUT2D eigenvalue weighted by molar-refractivity contribution is 14.1. The highest BCUT2D eigenvalue weighted by Crippen LogP contribution is 2.14. The van der Waals surface area contributed by atoms with Gasteiger partial charge < -0.3 is 10.2 Å². The maximum atomic E-state index is 9.17. The molecule has 0 spiro atoms. The number of rotatable bonds is 5. The molecule has 1 atom stereocenters. The Hall–Kier alpha value is -0.510. The third-order valence-electron chi connectivity index (χ3n) is 2.20. The molecule has 0 amide bonds. The molecule has 1 aliphatic carbocycles. The van der Waals surface area contributed by atoms with Crippen LogP contribution < -0.4 is 3.53 Å². The summed E-state index contributed by atoms with van der Waals surface area (Å²) in [5, 5.41) is 18.2. The Kier molecular flexibility index (Phi) is 5.76. The Labute approximate surface area is 104 Å². The summed E-state index contributed by atoms with van der Waals surface area (Å²) >= 11 is 2.05. The summed E-state index contributed by atoms with van der Waals surface area (Å²) in [5.41, 5.74) is 1.19. The van der Waals surface area contributed by atoms with E-state index in [1.165, 1.54) is 5.57 Å². The number of hydrogen-bond donors (Lipinski definition) is 3. The van der Waals surface area contributed by atoms with Gasteiger partial charge >= 0.3 is 0 Å². The Bertz CT molecular complexity index is 321. The first-order chi connectivity index (χ1) is 7.26. The molecule has 0 fully saturated rings. The molecule has 0 aromatic rings. The van der Waals surface area contributed by atoms with E-state index in [0.29, 0.717) is 6.42 Å². The summed E-state index contributed by atoms with van der Waals surface area (Å²) in [6.45, 7) is 0.142. The van der Waals surface area contributed by atoms with Crippen molar-refractivity contribution >= 4 is 22.9 Å². The van der Waals surface area contributed by atoms with Crippen molar-refractivity contribution in [1.29, 1.82) is 0 Å². The molecular weight excluding hydrogens is 305 g/mol. The lowest BCUT2D eigenvalue weighted by molar-refractivity contribution is 0.255. The first kappa shape index (κ1) is 12.6. The Balaban J connectivity index is 2.44. The third kappa shape index (κ3) is 4.69. The Morgan fingerprint density at radius 2 is 2.33 bits per heavy atom. The van der Waals surface area contributed by atoms with Gasteiger partial charge in [0.15, 0.2) is 5.76 Å². The van der Waals surface area contributed by atoms with Gasteiger partial charge in [-0.1, -0.05) is 17.6 Å². The first-order valence-electron chi connectivity index (χ1n) is 4.81. The molecule has 3 N–H and O–H groups in total. The number of aliphatic hydroxyl groups is 2. The maximum absolute atomic E-state index is 9.17. The largest absolute Gasteiger partial charge is 0.501 e. The lowest BCUT2D eigenvalue weighted by Crippen LogP contribution is -2.24. The van der Waals surface area contributed by atoms with E-state index in [1.807, 2.05) is 28.9 Å². The number of halogens is 1. The quantitative estimate of drug-likeness (QED) is 0.412. The number of hydrogen-bond acceptors (Lipinski definition) is 3. The minimum Gasteiger partial charge on any atom is -0.501 e. The molecule has 15 heavy (non-hydrogen) atoms. The summed E-state index contributed by atoms with van der Waals surface area (Å²) < 4.78 is 3.01. The summed E-state index contributed by atoms with van der Waals surface area (Å²) in [6, 6.07) is 0.125. The molecular formula is C11H14INO2. The van der Waals surface area contributed by atoms with Crippen molar-refractivity contribution < 1.29 is 10.2 Å². The van der Waals surface area contributed by atoms with Crippen LogP contribution in [0.4, 0.5) is 0 Å². The summed E-state index contributed by atoms with van der Waals surface area (Å²) in [7, 11) is 0. The highest BCUT2D eigenvalue weighted by atomic mass is 127. The van der Waals surface area contributed by atoms with Gasteiger partial charge in [-0.3, -0.25) is 3.53 Å². The second kappa shape index (κ2) is 6.88. The van der Waals surface area contributed by atoms with Crippen LogP contribution in [0.25, 0.3) is 0 Å². The van der Waals surface area contributed by atoms with E-state index in [2.05, 4.69) is 15.4 Å². The van der Waals surface area contributed by atoms with Crippen LogP contribution in [0, 0.1) is 11.8 Å². The average molecular weight is 319 g/mol. The zero-order valence-electron chi connectivity index (χ0n) is 8.33. The summed E-state index contributed by atoms with van der Waals surface area (Å²) in [6.07, 6.45) is 5.98. The zero-order chi connectivity index (χ0) is 11.1. The third-order valence-corrected chi connectivity index (χ3v) is 3.08. The van der Waals surface area contributed by atoms with Gasteiger partial charge in [-0.15, -0.1) is 0 Å². The standard InChI is InChI=1S/C11H14INO2/c12-13-10(8-14)6-4-9-2-1-3-11(15)7-5-9/h5,7,10,13-15H,2,4,6,8H2/t10-/m0/s1. The molecule has 0 aromatic carbocycles. The van der Waals surface area contributed by atoms with Crippen LogP contribution in [-0.4, -0.2) is 22.9 Å². The SMILES string of the molecule is OC[C@H](CCC1=CC=C(O)C#CC1)NI. The van der Waals surface area contributed by atoms with E-state index in [1.54, 1.807) is 6.08 Å². The predicted molar refractivity (Wildman–Crippen MR) is 68.5 cm³/mol. The zero-order valence-corrected chi connectivity index (χ0v) is 10.5. The maximum Gasteiger partial charge on any atom is 0.167 e. The molecule has 1 rings (SSSR count). The van der Waals surface area contributed by atoms with E-state index in [4.69, 9.17) is 10.2 Å².